The third kappa shape index (κ3) is 2.01. The van der Waals surface area contributed by atoms with Gasteiger partial charge in [0.05, 0.1) is 24.9 Å². The molecule has 0 bridgehead atoms. The summed E-state index contributed by atoms with van der Waals surface area (Å²) in [6.07, 6.45) is 1.75. The van der Waals surface area contributed by atoms with Gasteiger partial charge in [-0.25, -0.2) is 10.3 Å². The summed E-state index contributed by atoms with van der Waals surface area (Å²) >= 11 is 0. The van der Waals surface area contributed by atoms with Crippen LogP contribution in [0.4, 0.5) is 11.4 Å². The molecule has 0 aromatic heterocycles. The molecule has 3 N–H and O–H groups in total. The van der Waals surface area contributed by atoms with Crippen LogP contribution in [0.5, 0.6) is 0 Å². The highest BCUT2D eigenvalue weighted by Crippen LogP contribution is 2.21. The summed E-state index contributed by atoms with van der Waals surface area (Å²) in [6, 6.07) is 7.60. The number of nitrogens with one attached hydrogen (secondary N) is 1. The van der Waals surface area contributed by atoms with Gasteiger partial charge in [-0.15, -0.1) is 0 Å². The first-order valence-corrected chi connectivity index (χ1v) is 4.81. The maximum atomic E-state index is 9.06. The Morgan fingerprint density at radius 3 is 3.12 bits per heavy atom. The van der Waals surface area contributed by atoms with Crippen LogP contribution < -0.4 is 16.0 Å². The number of nitrogens with zero attached hydrogens (tertiary/aromatic N) is 3. The number of rotatable bonds is 3. The van der Waals surface area contributed by atoms with E-state index < -0.39 is 0 Å². The normalized spacial score (nSPS) is 14.1. The van der Waals surface area contributed by atoms with E-state index in [0.717, 1.165) is 11.4 Å². The average Bonchev–Trinajstić information content (AvgIpc) is 2.83. The van der Waals surface area contributed by atoms with Crippen LogP contribution in [0.3, 0.4) is 0 Å². The second-order valence-corrected chi connectivity index (χ2v) is 3.21. The predicted molar refractivity (Wildman–Crippen MR) is 58.7 cm³/mol. The monoisotopic (exact) mass is 218 g/mol. The number of benzene rings is 1. The van der Waals surface area contributed by atoms with E-state index in [1.165, 1.54) is 0 Å². The zero-order chi connectivity index (χ0) is 11.4. The van der Waals surface area contributed by atoms with Gasteiger partial charge in [-0.05, 0) is 6.07 Å². The first kappa shape index (κ1) is 10.6. The zero-order valence-corrected chi connectivity index (χ0v) is 8.84. The zero-order valence-electron chi connectivity index (χ0n) is 8.84. The molecule has 1 aliphatic heterocycles. The smallest absolute Gasteiger partial charge is 0.163 e. The molecule has 2 rings (SSSR count). The third-order valence-corrected chi connectivity index (χ3v) is 2.15. The van der Waals surface area contributed by atoms with Crippen LogP contribution >= 0.6 is 0 Å². The van der Waals surface area contributed by atoms with E-state index in [4.69, 9.17) is 10.1 Å². The lowest BCUT2D eigenvalue weighted by Gasteiger charge is -2.15. The number of hydrogen-bond donors (Lipinski definition) is 2. The van der Waals surface area contributed by atoms with Gasteiger partial charge in [0.15, 0.2) is 5.69 Å². The minimum atomic E-state index is 0.553. The summed E-state index contributed by atoms with van der Waals surface area (Å²) in [5.74, 6) is 0. The molecule has 82 valence electrons. The molecule has 0 atom stereocenters. The molecule has 0 saturated heterocycles. The SMILES string of the molecule is CO[NH2+]c1ccc(N2N=CCN2)c(C#N)c1. The van der Waals surface area contributed by atoms with Gasteiger partial charge < -0.3 is 0 Å². The van der Waals surface area contributed by atoms with E-state index >= 15 is 0 Å². The van der Waals surface area contributed by atoms with Crippen molar-refractivity contribution in [3.63, 3.8) is 0 Å². The van der Waals surface area contributed by atoms with Crippen LogP contribution in [0.1, 0.15) is 5.56 Å². The van der Waals surface area contributed by atoms with Crippen molar-refractivity contribution in [2.45, 2.75) is 0 Å². The Morgan fingerprint density at radius 1 is 1.62 bits per heavy atom. The summed E-state index contributed by atoms with van der Waals surface area (Å²) in [7, 11) is 1.58. The van der Waals surface area contributed by atoms with E-state index in [9.17, 15) is 0 Å². The Kier molecular flexibility index (Phi) is 3.12. The summed E-state index contributed by atoms with van der Waals surface area (Å²) in [5, 5.41) is 14.7. The molecule has 1 heterocycles. The Bertz CT molecular complexity index is 451. The summed E-state index contributed by atoms with van der Waals surface area (Å²) in [6.45, 7) is 0.677. The van der Waals surface area contributed by atoms with E-state index in [0.29, 0.717) is 12.1 Å². The maximum absolute atomic E-state index is 9.06. The number of nitriles is 1. The van der Waals surface area contributed by atoms with Crippen LogP contribution in [-0.2, 0) is 4.84 Å². The third-order valence-electron chi connectivity index (χ3n) is 2.15. The number of nitrogens with two attached hydrogens (primary N) is 1. The van der Waals surface area contributed by atoms with Crippen molar-refractivity contribution < 1.29 is 10.3 Å². The first-order chi connectivity index (χ1) is 7.85. The molecule has 1 aromatic carbocycles. The predicted octanol–water partition coefficient (Wildman–Crippen LogP) is -0.375. The second kappa shape index (κ2) is 4.72. The minimum Gasteiger partial charge on any atom is -0.208 e. The highest BCUT2D eigenvalue weighted by molar-refractivity contribution is 5.69. The molecule has 0 aliphatic carbocycles. The van der Waals surface area contributed by atoms with Crippen molar-refractivity contribution in [3.05, 3.63) is 23.8 Å². The molecule has 1 aromatic rings. The molecule has 16 heavy (non-hydrogen) atoms. The van der Waals surface area contributed by atoms with E-state index in [2.05, 4.69) is 16.6 Å². The Balaban J connectivity index is 2.31. The molecular weight excluding hydrogens is 206 g/mol. The molecule has 0 unspecified atom stereocenters. The number of hydrogen-bond acceptors (Lipinski definition) is 5. The molecule has 0 saturated carbocycles. The molecule has 1 aliphatic rings. The van der Waals surface area contributed by atoms with Gasteiger partial charge >= 0.3 is 0 Å². The van der Waals surface area contributed by atoms with Crippen molar-refractivity contribution in [2.24, 2.45) is 5.10 Å². The topological polar surface area (TPSA) is 77.3 Å². The Hall–Kier alpha value is -1.94. The van der Waals surface area contributed by atoms with E-state index in [1.54, 1.807) is 30.0 Å². The lowest BCUT2D eigenvalue weighted by Crippen LogP contribution is -2.75. The fourth-order valence-corrected chi connectivity index (χ4v) is 1.48. The van der Waals surface area contributed by atoms with Crippen LogP contribution in [0.25, 0.3) is 0 Å². The fraction of sp³-hybridized carbons (Fsp3) is 0.200. The van der Waals surface area contributed by atoms with Crippen LogP contribution in [0, 0.1) is 11.3 Å². The quantitative estimate of drug-likeness (QED) is 0.536. The first-order valence-electron chi connectivity index (χ1n) is 4.81. The molecular formula is C10H12N5O+. The van der Waals surface area contributed by atoms with Gasteiger partial charge in [0.1, 0.15) is 6.07 Å². The Labute approximate surface area is 93.0 Å². The molecule has 0 amide bonds. The molecule has 6 nitrogen and oxygen atoms in total. The van der Waals surface area contributed by atoms with Crippen molar-refractivity contribution in [1.82, 2.24) is 5.43 Å². The Morgan fingerprint density at radius 2 is 2.50 bits per heavy atom. The number of anilines is 1. The van der Waals surface area contributed by atoms with Gasteiger partial charge in [0.2, 0.25) is 0 Å². The van der Waals surface area contributed by atoms with Crippen molar-refractivity contribution >= 4 is 17.6 Å². The standard InChI is InChI=1S/C10H11N5O/c1-16-14-9-2-3-10(8(6-9)7-11)15-12-4-5-13-15/h2-4,6,13-14H,5H2,1H3/p+1. The summed E-state index contributed by atoms with van der Waals surface area (Å²) in [4.78, 5) is 4.90. The molecule has 6 heteroatoms. The maximum Gasteiger partial charge on any atom is 0.163 e. The van der Waals surface area contributed by atoms with Crippen molar-refractivity contribution in [2.75, 3.05) is 18.8 Å². The van der Waals surface area contributed by atoms with Gasteiger partial charge in [-0.2, -0.15) is 21.0 Å². The average molecular weight is 218 g/mol. The van der Waals surface area contributed by atoms with Gasteiger partial charge in [0.25, 0.3) is 0 Å². The number of hydrazone groups is 1. The second-order valence-electron chi connectivity index (χ2n) is 3.21. The van der Waals surface area contributed by atoms with Crippen LogP contribution in [0.15, 0.2) is 23.3 Å². The lowest BCUT2D eigenvalue weighted by atomic mass is 10.2. The highest BCUT2D eigenvalue weighted by atomic mass is 16.6. The van der Waals surface area contributed by atoms with Crippen molar-refractivity contribution in [3.8, 4) is 6.07 Å². The largest absolute Gasteiger partial charge is 0.208 e. The van der Waals surface area contributed by atoms with Crippen LogP contribution in [-0.4, -0.2) is 19.9 Å². The minimum absolute atomic E-state index is 0.553. The summed E-state index contributed by atoms with van der Waals surface area (Å²) < 4.78 is 0. The van der Waals surface area contributed by atoms with Gasteiger partial charge in [0, 0.05) is 18.3 Å². The van der Waals surface area contributed by atoms with Gasteiger partial charge in [-0.3, -0.25) is 0 Å². The fourth-order valence-electron chi connectivity index (χ4n) is 1.48. The molecule has 0 radical (unpaired) electrons. The summed E-state index contributed by atoms with van der Waals surface area (Å²) in [5.41, 5.74) is 6.75. The van der Waals surface area contributed by atoms with E-state index in [1.807, 2.05) is 12.1 Å². The molecule has 0 spiro atoms. The number of hydrazine groups is 1. The van der Waals surface area contributed by atoms with Crippen molar-refractivity contribution in [1.29, 1.82) is 5.26 Å². The van der Waals surface area contributed by atoms with Gasteiger partial charge in [-0.1, -0.05) is 0 Å². The molecule has 0 fully saturated rings. The number of quaternary nitrogens is 1. The van der Waals surface area contributed by atoms with E-state index in [-0.39, 0.29) is 0 Å². The lowest BCUT2D eigenvalue weighted by molar-refractivity contribution is -0.830. The highest BCUT2D eigenvalue weighted by Gasteiger charge is 2.14. The van der Waals surface area contributed by atoms with Crippen LogP contribution in [0.2, 0.25) is 0 Å².